The molecule has 1 spiro atoms. The van der Waals surface area contributed by atoms with Crippen LogP contribution < -0.4 is 5.32 Å². The Hall–Kier alpha value is -1.81. The normalized spacial score (nSPS) is 38.7. The lowest BCUT2D eigenvalue weighted by molar-refractivity contribution is -0.952. The molecule has 4 atom stereocenters. The Kier molecular flexibility index (Phi) is 3.59. The Morgan fingerprint density at radius 2 is 2.07 bits per heavy atom. The van der Waals surface area contributed by atoms with Gasteiger partial charge in [-0.1, -0.05) is 25.1 Å². The standard InChI is InChI=1S/C23H30N2O2/c1-4-22-11-8-13-25(5-2)14-12-23(21(22)25)17-9-6-7-10-18(17)24-19(23)16(15-22)20(26)27-3/h6-7,9-10,21H,4-5,8,11-15H2,1-3H3/p+1/t21-,22+,23+,25-/m1/s1. The van der Waals surface area contributed by atoms with E-state index in [0.717, 1.165) is 24.8 Å². The molecule has 1 aromatic rings. The van der Waals surface area contributed by atoms with Crippen molar-refractivity contribution in [2.24, 2.45) is 5.41 Å². The molecule has 3 aliphatic heterocycles. The molecule has 0 aromatic heterocycles. The zero-order valence-electron chi connectivity index (χ0n) is 16.8. The molecule has 1 aliphatic carbocycles. The Labute approximate surface area is 162 Å². The van der Waals surface area contributed by atoms with E-state index in [0.29, 0.717) is 6.04 Å². The second-order valence-electron chi connectivity index (χ2n) is 9.12. The third kappa shape index (κ3) is 1.90. The first-order chi connectivity index (χ1) is 13.1. The van der Waals surface area contributed by atoms with Crippen molar-refractivity contribution in [2.45, 2.75) is 57.4 Å². The van der Waals surface area contributed by atoms with Crippen LogP contribution in [0.3, 0.4) is 0 Å². The maximum atomic E-state index is 12.9. The summed E-state index contributed by atoms with van der Waals surface area (Å²) in [6.45, 7) is 8.41. The maximum Gasteiger partial charge on any atom is 0.335 e. The van der Waals surface area contributed by atoms with Gasteiger partial charge in [-0.05, 0) is 44.2 Å². The van der Waals surface area contributed by atoms with Crippen LogP contribution >= 0.6 is 0 Å². The number of quaternary nitrogens is 1. The summed E-state index contributed by atoms with van der Waals surface area (Å²) in [6, 6.07) is 9.32. The van der Waals surface area contributed by atoms with Crippen molar-refractivity contribution in [2.75, 3.05) is 32.1 Å². The topological polar surface area (TPSA) is 38.3 Å². The van der Waals surface area contributed by atoms with Crippen molar-refractivity contribution in [1.29, 1.82) is 0 Å². The van der Waals surface area contributed by atoms with Crippen LogP contribution in [0.1, 0.15) is 51.5 Å². The molecule has 0 radical (unpaired) electrons. The number of esters is 1. The number of anilines is 1. The summed E-state index contributed by atoms with van der Waals surface area (Å²) in [5, 5.41) is 3.70. The number of fused-ring (bicyclic) bond motifs is 1. The van der Waals surface area contributed by atoms with Gasteiger partial charge in [-0.15, -0.1) is 0 Å². The lowest BCUT2D eigenvalue weighted by Crippen LogP contribution is -2.68. The number of carbonyl (C=O) groups is 1. The van der Waals surface area contributed by atoms with Gasteiger partial charge in [-0.25, -0.2) is 4.79 Å². The molecule has 0 saturated carbocycles. The summed E-state index contributed by atoms with van der Waals surface area (Å²) >= 11 is 0. The fourth-order valence-corrected chi connectivity index (χ4v) is 7.53. The zero-order valence-corrected chi connectivity index (χ0v) is 16.8. The first-order valence-electron chi connectivity index (χ1n) is 10.6. The smallest absolute Gasteiger partial charge is 0.335 e. The number of benzene rings is 1. The predicted molar refractivity (Wildman–Crippen MR) is 106 cm³/mol. The lowest BCUT2D eigenvalue weighted by Gasteiger charge is -2.59. The molecule has 0 unspecified atom stereocenters. The summed E-state index contributed by atoms with van der Waals surface area (Å²) < 4.78 is 6.50. The van der Waals surface area contributed by atoms with Gasteiger partial charge in [0.25, 0.3) is 0 Å². The van der Waals surface area contributed by atoms with E-state index < -0.39 is 0 Å². The molecular formula is C23H31N2O2+. The average molecular weight is 368 g/mol. The molecule has 2 fully saturated rings. The fraction of sp³-hybridized carbons (Fsp3) is 0.609. The predicted octanol–water partition coefficient (Wildman–Crippen LogP) is 3.98. The Bertz CT molecular complexity index is 847. The van der Waals surface area contributed by atoms with Crippen molar-refractivity contribution < 1.29 is 14.0 Å². The van der Waals surface area contributed by atoms with Gasteiger partial charge in [0.05, 0.1) is 37.7 Å². The van der Waals surface area contributed by atoms with E-state index in [4.69, 9.17) is 4.74 Å². The van der Waals surface area contributed by atoms with Crippen LogP contribution in [0.5, 0.6) is 0 Å². The molecule has 5 rings (SSSR count). The number of para-hydroxylation sites is 1. The van der Waals surface area contributed by atoms with Crippen molar-refractivity contribution in [1.82, 2.24) is 0 Å². The summed E-state index contributed by atoms with van der Waals surface area (Å²) in [7, 11) is 1.53. The number of rotatable bonds is 3. The van der Waals surface area contributed by atoms with Gasteiger partial charge in [0.15, 0.2) is 0 Å². The Balaban J connectivity index is 1.84. The van der Waals surface area contributed by atoms with Crippen molar-refractivity contribution in [3.8, 4) is 0 Å². The number of piperidine rings is 1. The summed E-state index contributed by atoms with van der Waals surface area (Å²) in [6.07, 6.45) is 5.63. The number of hydrogen-bond acceptors (Lipinski definition) is 3. The van der Waals surface area contributed by atoms with Crippen LogP contribution in [-0.2, 0) is 14.9 Å². The van der Waals surface area contributed by atoms with Gasteiger partial charge in [0.1, 0.15) is 6.04 Å². The number of nitrogens with zero attached hydrogens (tertiary/aromatic N) is 1. The van der Waals surface area contributed by atoms with Crippen LogP contribution in [-0.4, -0.2) is 43.2 Å². The van der Waals surface area contributed by atoms with Crippen molar-refractivity contribution in [3.63, 3.8) is 0 Å². The minimum absolute atomic E-state index is 0.0508. The minimum Gasteiger partial charge on any atom is -0.466 e. The summed E-state index contributed by atoms with van der Waals surface area (Å²) in [5.41, 5.74) is 4.83. The third-order valence-electron chi connectivity index (χ3n) is 8.53. The number of ether oxygens (including phenoxy) is 1. The van der Waals surface area contributed by atoms with E-state index in [2.05, 4.69) is 43.4 Å². The molecule has 144 valence electrons. The second-order valence-corrected chi connectivity index (χ2v) is 9.12. The van der Waals surface area contributed by atoms with Crippen molar-refractivity contribution in [3.05, 3.63) is 41.1 Å². The third-order valence-corrected chi connectivity index (χ3v) is 8.53. The highest BCUT2D eigenvalue weighted by atomic mass is 16.5. The van der Waals surface area contributed by atoms with E-state index in [1.54, 1.807) is 0 Å². The van der Waals surface area contributed by atoms with Gasteiger partial charge in [-0.2, -0.15) is 0 Å². The molecule has 4 nitrogen and oxygen atoms in total. The van der Waals surface area contributed by atoms with Crippen molar-refractivity contribution >= 4 is 11.7 Å². The van der Waals surface area contributed by atoms with E-state index in [1.165, 1.54) is 61.0 Å². The number of methoxy groups -OCH3 is 1. The van der Waals surface area contributed by atoms with Gasteiger partial charge >= 0.3 is 5.97 Å². The first kappa shape index (κ1) is 17.3. The Morgan fingerprint density at radius 1 is 1.26 bits per heavy atom. The number of hydrogen-bond donors (Lipinski definition) is 1. The summed E-state index contributed by atoms with van der Waals surface area (Å²) in [4.78, 5) is 12.9. The highest BCUT2D eigenvalue weighted by molar-refractivity contribution is 5.93. The van der Waals surface area contributed by atoms with Gasteiger partial charge < -0.3 is 14.5 Å². The van der Waals surface area contributed by atoms with Crippen LogP contribution in [0.15, 0.2) is 35.5 Å². The quantitative estimate of drug-likeness (QED) is 0.649. The Morgan fingerprint density at radius 3 is 2.81 bits per heavy atom. The van der Waals surface area contributed by atoms with Crippen LogP contribution in [0.25, 0.3) is 0 Å². The monoisotopic (exact) mass is 367 g/mol. The van der Waals surface area contributed by atoms with E-state index in [1.807, 2.05) is 0 Å². The van der Waals surface area contributed by atoms with E-state index in [-0.39, 0.29) is 16.8 Å². The molecule has 4 heteroatoms. The van der Waals surface area contributed by atoms with Gasteiger partial charge in [0.2, 0.25) is 0 Å². The van der Waals surface area contributed by atoms with E-state index >= 15 is 0 Å². The number of nitrogens with one attached hydrogen (secondary N) is 1. The highest BCUT2D eigenvalue weighted by Crippen LogP contribution is 2.67. The molecule has 4 aliphatic rings. The van der Waals surface area contributed by atoms with Gasteiger partial charge in [-0.3, -0.25) is 0 Å². The summed E-state index contributed by atoms with van der Waals surface area (Å²) in [5.74, 6) is -0.136. The minimum atomic E-state index is -0.136. The molecule has 2 saturated heterocycles. The molecular weight excluding hydrogens is 336 g/mol. The molecule has 0 bridgehead atoms. The largest absolute Gasteiger partial charge is 0.466 e. The second kappa shape index (κ2) is 5.60. The van der Waals surface area contributed by atoms with Crippen LogP contribution in [0.4, 0.5) is 5.69 Å². The van der Waals surface area contributed by atoms with Crippen LogP contribution in [0, 0.1) is 5.41 Å². The molecule has 3 heterocycles. The van der Waals surface area contributed by atoms with Crippen LogP contribution in [0.2, 0.25) is 0 Å². The number of carbonyl (C=O) groups excluding carboxylic acids is 1. The molecule has 27 heavy (non-hydrogen) atoms. The first-order valence-corrected chi connectivity index (χ1v) is 10.6. The lowest BCUT2D eigenvalue weighted by atomic mass is 9.53. The zero-order chi connectivity index (χ0) is 18.9. The SMILES string of the molecule is CC[C@]12CCC[N@+]3(CC)CC[C@]4(C(=C(C(=O)OC)C1)Nc1ccccc14)[C@@H]23. The fourth-order valence-electron chi connectivity index (χ4n) is 7.53. The molecule has 1 N–H and O–H groups in total. The molecule has 1 aromatic carbocycles. The average Bonchev–Trinajstić information content (AvgIpc) is 3.25. The van der Waals surface area contributed by atoms with Gasteiger partial charge in [0, 0.05) is 23.2 Å². The van der Waals surface area contributed by atoms with E-state index in [9.17, 15) is 4.79 Å². The molecule has 0 amide bonds. The highest BCUT2D eigenvalue weighted by Gasteiger charge is 2.72. The number of likely N-dealkylation sites (N-methyl/N-ethyl adjacent to an activating group) is 1. The maximum absolute atomic E-state index is 12.9.